The molecule has 0 aromatic heterocycles. The second-order valence-electron chi connectivity index (χ2n) is 4.46. The molecule has 0 saturated carbocycles. The van der Waals surface area contributed by atoms with E-state index in [0.29, 0.717) is 11.3 Å². The van der Waals surface area contributed by atoms with Crippen LogP contribution in [0, 0.1) is 18.8 Å². The topological polar surface area (TPSA) is 43.4 Å². The lowest BCUT2D eigenvalue weighted by Crippen LogP contribution is -2.04. The molecule has 0 unspecified atom stereocenters. The van der Waals surface area contributed by atoms with Crippen molar-refractivity contribution in [3.05, 3.63) is 23.3 Å². The molecule has 0 aliphatic carbocycles. The van der Waals surface area contributed by atoms with Crippen molar-refractivity contribution in [3.8, 4) is 17.6 Å². The maximum Gasteiger partial charge on any atom is 0.261 e. The molecular weight excluding hydrogens is 284 g/mol. The largest absolute Gasteiger partial charge is 0.481 e. The van der Waals surface area contributed by atoms with E-state index in [9.17, 15) is 8.42 Å². The van der Waals surface area contributed by atoms with Gasteiger partial charge in [-0.05, 0) is 43.0 Å². The predicted molar refractivity (Wildman–Crippen MR) is 77.3 cm³/mol. The maximum absolute atomic E-state index is 11.6. The minimum absolute atomic E-state index is 0.0312. The van der Waals surface area contributed by atoms with E-state index in [1.807, 2.05) is 13.8 Å². The van der Waals surface area contributed by atoms with E-state index in [4.69, 9.17) is 15.4 Å². The van der Waals surface area contributed by atoms with Crippen molar-refractivity contribution < 1.29 is 13.2 Å². The average Bonchev–Trinajstić information content (AvgIpc) is 2.29. The minimum atomic E-state index is -3.75. The highest BCUT2D eigenvalue weighted by Crippen LogP contribution is 2.32. The van der Waals surface area contributed by atoms with Gasteiger partial charge in [0.2, 0.25) is 0 Å². The van der Waals surface area contributed by atoms with Gasteiger partial charge >= 0.3 is 0 Å². The van der Waals surface area contributed by atoms with Crippen molar-refractivity contribution in [3.63, 3.8) is 0 Å². The van der Waals surface area contributed by atoms with Crippen LogP contribution in [-0.2, 0) is 9.05 Å². The molecule has 5 heteroatoms. The van der Waals surface area contributed by atoms with E-state index < -0.39 is 9.05 Å². The summed E-state index contributed by atoms with van der Waals surface area (Å²) in [5.74, 6) is 6.21. The van der Waals surface area contributed by atoms with Crippen molar-refractivity contribution in [1.82, 2.24) is 0 Å². The van der Waals surface area contributed by atoms with Crippen LogP contribution in [0.15, 0.2) is 17.0 Å². The van der Waals surface area contributed by atoms with E-state index >= 15 is 0 Å². The van der Waals surface area contributed by atoms with Gasteiger partial charge in [0.15, 0.2) is 0 Å². The Balaban J connectivity index is 3.31. The molecule has 3 nitrogen and oxygen atoms in total. The number of halogens is 1. The first-order valence-corrected chi connectivity index (χ1v) is 8.20. The maximum atomic E-state index is 11.6. The van der Waals surface area contributed by atoms with Gasteiger partial charge in [-0.3, -0.25) is 0 Å². The molecule has 104 valence electrons. The molecule has 0 atom stereocenters. The molecule has 0 aliphatic heterocycles. The summed E-state index contributed by atoms with van der Waals surface area (Å²) in [6.07, 6.45) is 0. The fourth-order valence-electron chi connectivity index (χ4n) is 1.68. The summed E-state index contributed by atoms with van der Waals surface area (Å²) >= 11 is 0. The zero-order chi connectivity index (χ0) is 14.6. The van der Waals surface area contributed by atoms with Crippen molar-refractivity contribution in [2.75, 3.05) is 6.61 Å². The van der Waals surface area contributed by atoms with Crippen molar-refractivity contribution in [2.24, 2.45) is 0 Å². The number of hydrogen-bond donors (Lipinski definition) is 0. The molecule has 0 amide bonds. The number of aryl methyl sites for hydroxylation is 1. The van der Waals surface area contributed by atoms with Gasteiger partial charge < -0.3 is 4.74 Å². The summed E-state index contributed by atoms with van der Waals surface area (Å²) in [7, 11) is 1.71. The Kier molecular flexibility index (Phi) is 5.28. The van der Waals surface area contributed by atoms with Gasteiger partial charge in [0.1, 0.15) is 12.4 Å². The van der Waals surface area contributed by atoms with Gasteiger partial charge in [-0.2, -0.15) is 0 Å². The lowest BCUT2D eigenvalue weighted by atomic mass is 10.0. The van der Waals surface area contributed by atoms with Gasteiger partial charge in [0.25, 0.3) is 9.05 Å². The molecule has 0 bridgehead atoms. The van der Waals surface area contributed by atoms with E-state index in [1.165, 1.54) is 0 Å². The molecule has 0 radical (unpaired) electrons. The number of ether oxygens (including phenoxy) is 1. The molecule has 0 aliphatic rings. The Morgan fingerprint density at radius 2 is 2.00 bits per heavy atom. The third kappa shape index (κ3) is 4.15. The number of rotatable bonds is 4. The summed E-state index contributed by atoms with van der Waals surface area (Å²) in [5.41, 5.74) is 1.38. The minimum Gasteiger partial charge on any atom is -0.481 e. The zero-order valence-corrected chi connectivity index (χ0v) is 13.0. The second-order valence-corrected chi connectivity index (χ2v) is 7.00. The van der Waals surface area contributed by atoms with Crippen LogP contribution >= 0.6 is 10.7 Å². The monoisotopic (exact) mass is 300 g/mol. The standard InChI is InChI=1S/C14H17ClO3S/c1-5-6-7-18-13-9-12(10(2)3)14(8-11(13)4)19(15,16)17/h8-10H,7H2,1-4H3. The second kappa shape index (κ2) is 6.31. The number of benzene rings is 1. The van der Waals surface area contributed by atoms with Gasteiger partial charge in [-0.1, -0.05) is 19.8 Å². The first-order valence-electron chi connectivity index (χ1n) is 5.89. The van der Waals surface area contributed by atoms with Gasteiger partial charge in [0, 0.05) is 10.7 Å². The summed E-state index contributed by atoms with van der Waals surface area (Å²) in [4.78, 5) is 0.149. The van der Waals surface area contributed by atoms with E-state index in [2.05, 4.69) is 11.8 Å². The van der Waals surface area contributed by atoms with Gasteiger partial charge in [-0.25, -0.2) is 8.42 Å². The van der Waals surface area contributed by atoms with Crippen LogP contribution in [0.5, 0.6) is 5.75 Å². The highest BCUT2D eigenvalue weighted by atomic mass is 35.7. The highest BCUT2D eigenvalue weighted by Gasteiger charge is 2.20. The molecule has 1 aromatic carbocycles. The summed E-state index contributed by atoms with van der Waals surface area (Å²) in [6, 6.07) is 3.28. The summed E-state index contributed by atoms with van der Waals surface area (Å²) in [5, 5.41) is 0. The Hall–Kier alpha value is -1.18. The molecule has 0 saturated heterocycles. The van der Waals surface area contributed by atoms with Gasteiger partial charge in [-0.15, -0.1) is 5.92 Å². The molecule has 0 N–H and O–H groups in total. The van der Waals surface area contributed by atoms with Crippen LogP contribution in [0.3, 0.4) is 0 Å². The molecular formula is C14H17ClO3S. The Morgan fingerprint density at radius 3 is 2.47 bits per heavy atom. The fourth-order valence-corrected chi connectivity index (χ4v) is 2.98. The van der Waals surface area contributed by atoms with Crippen molar-refractivity contribution in [2.45, 2.75) is 38.5 Å². The fraction of sp³-hybridized carbons (Fsp3) is 0.429. The van der Waals surface area contributed by atoms with E-state index in [0.717, 1.165) is 5.56 Å². The smallest absolute Gasteiger partial charge is 0.261 e. The Labute approximate surface area is 119 Å². The first kappa shape index (κ1) is 15.9. The van der Waals surface area contributed by atoms with Gasteiger partial charge in [0.05, 0.1) is 4.90 Å². The van der Waals surface area contributed by atoms with Crippen LogP contribution in [-0.4, -0.2) is 15.0 Å². The third-order valence-electron chi connectivity index (χ3n) is 2.67. The Morgan fingerprint density at radius 1 is 1.37 bits per heavy atom. The summed E-state index contributed by atoms with van der Waals surface area (Å²) in [6.45, 7) is 7.61. The van der Waals surface area contributed by atoms with Crippen molar-refractivity contribution in [1.29, 1.82) is 0 Å². The Bertz CT molecular complexity index is 622. The lowest BCUT2D eigenvalue weighted by Gasteiger charge is -2.15. The quantitative estimate of drug-likeness (QED) is 0.632. The molecule has 1 rings (SSSR count). The first-order chi connectivity index (χ1) is 8.77. The molecule has 0 fully saturated rings. The van der Waals surface area contributed by atoms with E-state index in [1.54, 1.807) is 26.0 Å². The molecule has 0 heterocycles. The van der Waals surface area contributed by atoms with Crippen LogP contribution in [0.25, 0.3) is 0 Å². The summed E-state index contributed by atoms with van der Waals surface area (Å²) < 4.78 is 28.7. The number of hydrogen-bond acceptors (Lipinski definition) is 3. The van der Waals surface area contributed by atoms with Crippen LogP contribution < -0.4 is 4.74 Å². The molecule has 1 aromatic rings. The predicted octanol–water partition coefficient (Wildman–Crippen LogP) is 3.45. The highest BCUT2D eigenvalue weighted by molar-refractivity contribution is 8.13. The van der Waals surface area contributed by atoms with Crippen LogP contribution in [0.1, 0.15) is 37.8 Å². The van der Waals surface area contributed by atoms with Crippen LogP contribution in [0.4, 0.5) is 0 Å². The molecule has 19 heavy (non-hydrogen) atoms. The molecule has 0 spiro atoms. The average molecular weight is 301 g/mol. The van der Waals surface area contributed by atoms with Crippen LogP contribution in [0.2, 0.25) is 0 Å². The third-order valence-corrected chi connectivity index (χ3v) is 4.05. The lowest BCUT2D eigenvalue weighted by molar-refractivity contribution is 0.366. The zero-order valence-electron chi connectivity index (χ0n) is 11.5. The normalized spacial score (nSPS) is 11.1. The SMILES string of the molecule is CC#CCOc1cc(C(C)C)c(S(=O)(=O)Cl)cc1C. The van der Waals surface area contributed by atoms with E-state index in [-0.39, 0.29) is 17.4 Å². The van der Waals surface area contributed by atoms with Crippen molar-refractivity contribution >= 4 is 19.7 Å².